The number of rotatable bonds is 7. The monoisotopic (exact) mass is 344 g/mol. The van der Waals surface area contributed by atoms with Crippen molar-refractivity contribution in [2.24, 2.45) is 0 Å². The molecule has 0 atom stereocenters. The number of phenols is 2. The summed E-state index contributed by atoms with van der Waals surface area (Å²) in [6, 6.07) is 0. The number of carboxylic acids is 1. The van der Waals surface area contributed by atoms with Crippen molar-refractivity contribution in [1.82, 2.24) is 0 Å². The van der Waals surface area contributed by atoms with Gasteiger partial charge in [-0.15, -0.1) is 0 Å². The van der Waals surface area contributed by atoms with Gasteiger partial charge in [0.1, 0.15) is 5.56 Å². The van der Waals surface area contributed by atoms with Crippen LogP contribution in [0.25, 0.3) is 0 Å². The number of carboxylic acid groups (broad SMARTS) is 1. The van der Waals surface area contributed by atoms with Gasteiger partial charge in [-0.2, -0.15) is 0 Å². The van der Waals surface area contributed by atoms with E-state index < -0.39 is 11.7 Å². The summed E-state index contributed by atoms with van der Waals surface area (Å²) in [4.78, 5) is 11.4. The third-order valence-electron chi connectivity index (χ3n) is 3.37. The lowest BCUT2D eigenvalue weighted by molar-refractivity contribution is 0.0691. The van der Waals surface area contributed by atoms with Crippen molar-refractivity contribution < 1.29 is 20.1 Å². The van der Waals surface area contributed by atoms with Gasteiger partial charge in [0, 0.05) is 0 Å². The van der Waals surface area contributed by atoms with Crippen LogP contribution >= 0.6 is 15.9 Å². The lowest BCUT2D eigenvalue weighted by Gasteiger charge is -2.17. The zero-order valence-corrected chi connectivity index (χ0v) is 13.5. The molecule has 1 rings (SSSR count). The van der Waals surface area contributed by atoms with E-state index in [-0.39, 0.29) is 11.3 Å². The fourth-order valence-electron chi connectivity index (χ4n) is 2.27. The van der Waals surface area contributed by atoms with Crippen molar-refractivity contribution in [1.29, 1.82) is 0 Å². The second-order valence-corrected chi connectivity index (χ2v) is 5.65. The van der Waals surface area contributed by atoms with Crippen LogP contribution in [0.4, 0.5) is 0 Å². The molecule has 0 saturated carbocycles. The third kappa shape index (κ3) is 3.45. The fraction of sp³-hybridized carbons (Fsp3) is 0.533. The average Bonchev–Trinajstić information content (AvgIpc) is 2.41. The molecule has 0 unspecified atom stereocenters. The van der Waals surface area contributed by atoms with Gasteiger partial charge < -0.3 is 15.3 Å². The van der Waals surface area contributed by atoms with Crippen molar-refractivity contribution in [3.63, 3.8) is 0 Å². The van der Waals surface area contributed by atoms with Crippen LogP contribution < -0.4 is 0 Å². The first-order chi connectivity index (χ1) is 9.45. The smallest absolute Gasteiger partial charge is 0.339 e. The van der Waals surface area contributed by atoms with E-state index in [0.29, 0.717) is 22.9 Å². The van der Waals surface area contributed by atoms with Gasteiger partial charge in [-0.25, -0.2) is 4.79 Å². The van der Waals surface area contributed by atoms with E-state index in [1.807, 2.05) is 6.92 Å². The molecule has 0 heterocycles. The van der Waals surface area contributed by atoms with Crippen LogP contribution in [0.15, 0.2) is 4.47 Å². The highest BCUT2D eigenvalue weighted by molar-refractivity contribution is 9.10. The molecule has 0 radical (unpaired) electrons. The maximum atomic E-state index is 11.4. The second kappa shape index (κ2) is 7.53. The Hall–Kier alpha value is -1.23. The summed E-state index contributed by atoms with van der Waals surface area (Å²) < 4.78 is 0.416. The van der Waals surface area contributed by atoms with Crippen molar-refractivity contribution in [2.75, 3.05) is 0 Å². The van der Waals surface area contributed by atoms with Gasteiger partial charge in [0.15, 0.2) is 11.5 Å². The Labute approximate surface area is 127 Å². The standard InChI is InChI=1S/C15H21BrO4/c1-3-5-7-9-10(8-6-4-2)12(16)14(18)13(17)11(9)15(19)20/h17-18H,3-8H2,1-2H3,(H,19,20). The minimum Gasteiger partial charge on any atom is -0.504 e. The zero-order chi connectivity index (χ0) is 15.3. The van der Waals surface area contributed by atoms with Gasteiger partial charge >= 0.3 is 5.97 Å². The summed E-state index contributed by atoms with van der Waals surface area (Å²) in [7, 11) is 0. The molecule has 1 aromatic carbocycles. The van der Waals surface area contributed by atoms with Crippen LogP contribution in [0.2, 0.25) is 0 Å². The number of phenolic OH excluding ortho intramolecular Hbond substituents is 1. The third-order valence-corrected chi connectivity index (χ3v) is 4.23. The minimum atomic E-state index is -1.20. The average molecular weight is 345 g/mol. The molecule has 0 aliphatic heterocycles. The quantitative estimate of drug-likeness (QED) is 0.646. The first-order valence-electron chi connectivity index (χ1n) is 6.94. The first-order valence-corrected chi connectivity index (χ1v) is 7.73. The number of halogens is 1. The SMILES string of the molecule is CCCCc1c(Br)c(O)c(O)c(C(=O)O)c1CCCC. The molecule has 20 heavy (non-hydrogen) atoms. The lowest BCUT2D eigenvalue weighted by atomic mass is 9.92. The summed E-state index contributed by atoms with van der Waals surface area (Å²) in [5, 5.41) is 29.1. The van der Waals surface area contributed by atoms with Crippen LogP contribution in [0.3, 0.4) is 0 Å². The van der Waals surface area contributed by atoms with Crippen LogP contribution in [0.5, 0.6) is 11.5 Å². The Morgan fingerprint density at radius 2 is 1.50 bits per heavy atom. The van der Waals surface area contributed by atoms with Gasteiger partial charge in [-0.1, -0.05) is 26.7 Å². The van der Waals surface area contributed by atoms with E-state index >= 15 is 0 Å². The van der Waals surface area contributed by atoms with E-state index in [1.54, 1.807) is 0 Å². The lowest BCUT2D eigenvalue weighted by Crippen LogP contribution is -2.08. The molecular formula is C15H21BrO4. The van der Waals surface area contributed by atoms with E-state index in [0.717, 1.165) is 31.2 Å². The fourth-order valence-corrected chi connectivity index (χ4v) is 2.89. The van der Waals surface area contributed by atoms with Gasteiger partial charge in [-0.3, -0.25) is 0 Å². The molecule has 4 nitrogen and oxygen atoms in total. The van der Waals surface area contributed by atoms with Crippen molar-refractivity contribution in [3.8, 4) is 11.5 Å². The van der Waals surface area contributed by atoms with E-state index in [9.17, 15) is 20.1 Å². The highest BCUT2D eigenvalue weighted by Gasteiger charge is 2.25. The predicted molar refractivity (Wildman–Crippen MR) is 81.7 cm³/mol. The van der Waals surface area contributed by atoms with Gasteiger partial charge in [-0.05, 0) is 52.7 Å². The van der Waals surface area contributed by atoms with E-state index in [4.69, 9.17) is 0 Å². The molecule has 0 aromatic heterocycles. The Kier molecular flexibility index (Phi) is 6.33. The summed E-state index contributed by atoms with van der Waals surface area (Å²) in [5.74, 6) is -2.13. The molecule has 0 amide bonds. The summed E-state index contributed by atoms with van der Waals surface area (Å²) in [6.07, 6.45) is 4.93. The molecule has 3 N–H and O–H groups in total. The molecule has 0 fully saturated rings. The molecule has 0 bridgehead atoms. The number of benzene rings is 1. The van der Waals surface area contributed by atoms with Crippen molar-refractivity contribution >= 4 is 21.9 Å². The zero-order valence-electron chi connectivity index (χ0n) is 11.9. The van der Waals surface area contributed by atoms with Crippen LogP contribution in [0, 0.1) is 0 Å². The number of unbranched alkanes of at least 4 members (excludes halogenated alkanes) is 2. The van der Waals surface area contributed by atoms with E-state index in [2.05, 4.69) is 22.9 Å². The Bertz CT molecular complexity index is 497. The molecular weight excluding hydrogens is 324 g/mol. The van der Waals surface area contributed by atoms with Crippen LogP contribution in [0.1, 0.15) is 61.0 Å². The molecule has 1 aromatic rings. The summed E-state index contributed by atoms with van der Waals surface area (Å²) >= 11 is 3.28. The molecule has 0 aliphatic carbocycles. The Morgan fingerprint density at radius 3 is 1.95 bits per heavy atom. The summed E-state index contributed by atoms with van der Waals surface area (Å²) in [6.45, 7) is 4.08. The molecule has 0 saturated heterocycles. The highest BCUT2D eigenvalue weighted by Crippen LogP contribution is 2.43. The van der Waals surface area contributed by atoms with Crippen molar-refractivity contribution in [2.45, 2.75) is 52.4 Å². The number of hydrogen-bond acceptors (Lipinski definition) is 3. The first kappa shape index (κ1) is 16.8. The topological polar surface area (TPSA) is 77.8 Å². The Balaban J connectivity index is 3.47. The largest absolute Gasteiger partial charge is 0.504 e. The second-order valence-electron chi connectivity index (χ2n) is 4.86. The number of aromatic carboxylic acids is 1. The normalized spacial score (nSPS) is 10.8. The minimum absolute atomic E-state index is 0.162. The predicted octanol–water partition coefficient (Wildman–Crippen LogP) is 4.24. The van der Waals surface area contributed by atoms with E-state index in [1.165, 1.54) is 0 Å². The number of hydrogen-bond donors (Lipinski definition) is 3. The molecule has 0 spiro atoms. The Morgan fingerprint density at radius 1 is 1.00 bits per heavy atom. The summed E-state index contributed by atoms with van der Waals surface area (Å²) in [5.41, 5.74) is 1.27. The maximum absolute atomic E-state index is 11.4. The van der Waals surface area contributed by atoms with Gasteiger partial charge in [0.2, 0.25) is 0 Å². The van der Waals surface area contributed by atoms with Crippen molar-refractivity contribution in [3.05, 3.63) is 21.2 Å². The van der Waals surface area contributed by atoms with Crippen LogP contribution in [-0.2, 0) is 12.8 Å². The number of carbonyl (C=O) groups is 1. The molecule has 5 heteroatoms. The van der Waals surface area contributed by atoms with Gasteiger partial charge in [0.05, 0.1) is 4.47 Å². The maximum Gasteiger partial charge on any atom is 0.339 e. The molecule has 0 aliphatic rings. The number of aromatic hydroxyl groups is 2. The van der Waals surface area contributed by atoms with Gasteiger partial charge in [0.25, 0.3) is 0 Å². The highest BCUT2D eigenvalue weighted by atomic mass is 79.9. The molecule has 112 valence electrons. The van der Waals surface area contributed by atoms with Crippen LogP contribution in [-0.4, -0.2) is 21.3 Å².